The number of aromatic nitrogens is 2. The number of hydrogen-bond acceptors (Lipinski definition) is 7. The standard InChI is InChI=1S/C21H25N5O4S/c1-31(28)16-4-2-15(3-5-16)24-19-17(18(23)27)14-26(25-19)20(10-11-22)6-8-21(9-7-20)29-12-13-30-21/h2-5,14H,6-10,12-13H2,1H3,(H2,23,27)(H,24,25). The van der Waals surface area contributed by atoms with Crippen LogP contribution in [0.3, 0.4) is 0 Å². The van der Waals surface area contributed by atoms with Gasteiger partial charge in [-0.2, -0.15) is 10.4 Å². The Bertz CT molecular complexity index is 1030. The van der Waals surface area contributed by atoms with Gasteiger partial charge in [0, 0.05) is 46.7 Å². The van der Waals surface area contributed by atoms with Gasteiger partial charge in [-0.1, -0.05) is 0 Å². The van der Waals surface area contributed by atoms with Crippen LogP contribution in [-0.4, -0.2) is 45.2 Å². The number of benzene rings is 1. The highest BCUT2D eigenvalue weighted by Gasteiger charge is 2.48. The lowest BCUT2D eigenvalue weighted by Gasteiger charge is -2.42. The number of rotatable bonds is 6. The maximum Gasteiger partial charge on any atom is 0.254 e. The Morgan fingerprint density at radius 1 is 1.26 bits per heavy atom. The van der Waals surface area contributed by atoms with E-state index in [1.807, 2.05) is 0 Å². The third-order valence-electron chi connectivity index (χ3n) is 6.08. The molecule has 2 heterocycles. The van der Waals surface area contributed by atoms with E-state index in [1.165, 1.54) is 0 Å². The van der Waals surface area contributed by atoms with Gasteiger partial charge in [-0.15, -0.1) is 0 Å². The van der Waals surface area contributed by atoms with Crippen LogP contribution in [0.4, 0.5) is 11.5 Å². The molecule has 2 fully saturated rings. The van der Waals surface area contributed by atoms with Gasteiger partial charge >= 0.3 is 0 Å². The number of nitrogens with two attached hydrogens (primary N) is 1. The van der Waals surface area contributed by atoms with Gasteiger partial charge in [0.15, 0.2) is 11.6 Å². The Hall–Kier alpha value is -2.74. The number of anilines is 2. The number of ether oxygens (including phenoxy) is 2. The summed E-state index contributed by atoms with van der Waals surface area (Å²) in [6.45, 7) is 1.16. The average molecular weight is 444 g/mol. The van der Waals surface area contributed by atoms with Crippen molar-refractivity contribution in [3.8, 4) is 6.07 Å². The fourth-order valence-corrected chi connectivity index (χ4v) is 4.79. The monoisotopic (exact) mass is 443 g/mol. The average Bonchev–Trinajstić information content (AvgIpc) is 3.39. The highest BCUT2D eigenvalue weighted by Crippen LogP contribution is 2.45. The van der Waals surface area contributed by atoms with Gasteiger partial charge in [-0.05, 0) is 37.1 Å². The number of primary amides is 1. The summed E-state index contributed by atoms with van der Waals surface area (Å²) in [5.41, 5.74) is 5.97. The molecule has 1 saturated heterocycles. The predicted molar refractivity (Wildman–Crippen MR) is 114 cm³/mol. The first-order valence-electron chi connectivity index (χ1n) is 10.1. The molecule has 1 saturated carbocycles. The summed E-state index contributed by atoms with van der Waals surface area (Å²) in [7, 11) is -1.08. The first kappa shape index (κ1) is 21.5. The molecule has 4 rings (SSSR count). The van der Waals surface area contributed by atoms with E-state index >= 15 is 0 Å². The molecule has 1 unspecified atom stereocenters. The van der Waals surface area contributed by atoms with Crippen LogP contribution in [-0.2, 0) is 25.8 Å². The van der Waals surface area contributed by atoms with E-state index < -0.39 is 28.0 Å². The minimum atomic E-state index is -1.08. The van der Waals surface area contributed by atoms with Gasteiger partial charge in [0.2, 0.25) is 0 Å². The normalized spacial score (nSPS) is 20.3. The molecule has 1 aromatic heterocycles. The molecule has 1 aliphatic carbocycles. The zero-order valence-corrected chi connectivity index (χ0v) is 18.1. The van der Waals surface area contributed by atoms with Crippen molar-refractivity contribution >= 4 is 28.2 Å². The Morgan fingerprint density at radius 3 is 2.45 bits per heavy atom. The SMILES string of the molecule is CS(=O)c1ccc(Nc2nn(C3(CC#N)CCC4(CC3)OCCO4)cc2C(N)=O)cc1. The van der Waals surface area contributed by atoms with Crippen LogP contribution in [0.25, 0.3) is 0 Å². The number of hydrogen-bond donors (Lipinski definition) is 2. The van der Waals surface area contributed by atoms with Crippen molar-refractivity contribution in [2.45, 2.75) is 48.3 Å². The fourth-order valence-electron chi connectivity index (χ4n) is 4.27. The van der Waals surface area contributed by atoms with Gasteiger partial charge < -0.3 is 20.5 Å². The summed E-state index contributed by atoms with van der Waals surface area (Å²) >= 11 is 0. The Labute approximate surface area is 183 Å². The van der Waals surface area contributed by atoms with E-state index in [-0.39, 0.29) is 12.0 Å². The molecule has 164 valence electrons. The van der Waals surface area contributed by atoms with Crippen molar-refractivity contribution in [3.63, 3.8) is 0 Å². The summed E-state index contributed by atoms with van der Waals surface area (Å²) in [6, 6.07) is 9.31. The molecular formula is C21H25N5O4S. The molecule has 9 nitrogen and oxygen atoms in total. The second-order valence-corrected chi connectivity index (χ2v) is 9.35. The van der Waals surface area contributed by atoms with E-state index in [0.29, 0.717) is 55.3 Å². The predicted octanol–water partition coefficient (Wildman–Crippen LogP) is 2.39. The third-order valence-corrected chi connectivity index (χ3v) is 7.01. The molecule has 1 aromatic carbocycles. The van der Waals surface area contributed by atoms with Gasteiger partial charge in [-0.3, -0.25) is 13.7 Å². The molecule has 2 aromatic rings. The molecular weight excluding hydrogens is 418 g/mol. The minimum Gasteiger partial charge on any atom is -0.365 e. The summed E-state index contributed by atoms with van der Waals surface area (Å²) in [5.74, 6) is -0.855. The van der Waals surface area contributed by atoms with Crippen molar-refractivity contribution in [3.05, 3.63) is 36.0 Å². The molecule has 10 heteroatoms. The third kappa shape index (κ3) is 4.21. The van der Waals surface area contributed by atoms with E-state index in [1.54, 1.807) is 41.4 Å². The number of nitrogens with zero attached hydrogens (tertiary/aromatic N) is 3. The first-order chi connectivity index (χ1) is 14.9. The van der Waals surface area contributed by atoms with Crippen molar-refractivity contribution in [1.29, 1.82) is 5.26 Å². The van der Waals surface area contributed by atoms with E-state index in [2.05, 4.69) is 16.5 Å². The summed E-state index contributed by atoms with van der Waals surface area (Å²) in [4.78, 5) is 12.8. The van der Waals surface area contributed by atoms with Gasteiger partial charge in [-0.25, -0.2) is 0 Å². The van der Waals surface area contributed by atoms with Gasteiger partial charge in [0.05, 0.1) is 31.2 Å². The number of nitriles is 1. The minimum absolute atomic E-state index is 0.245. The van der Waals surface area contributed by atoms with E-state index in [9.17, 15) is 14.3 Å². The summed E-state index contributed by atoms with van der Waals surface area (Å²) < 4.78 is 24.9. The number of carbonyl (C=O) groups is 1. The van der Waals surface area contributed by atoms with Gasteiger partial charge in [0.1, 0.15) is 5.56 Å². The number of amides is 1. The Kier molecular flexibility index (Phi) is 5.83. The van der Waals surface area contributed by atoms with Crippen LogP contribution in [0.1, 0.15) is 42.5 Å². The van der Waals surface area contributed by atoms with Crippen molar-refractivity contribution < 1.29 is 18.5 Å². The molecule has 31 heavy (non-hydrogen) atoms. The molecule has 1 spiro atoms. The Balaban J connectivity index is 1.62. The smallest absolute Gasteiger partial charge is 0.254 e. The van der Waals surface area contributed by atoms with Crippen LogP contribution in [0, 0.1) is 11.3 Å². The van der Waals surface area contributed by atoms with E-state index in [4.69, 9.17) is 15.2 Å². The largest absolute Gasteiger partial charge is 0.365 e. The zero-order valence-electron chi connectivity index (χ0n) is 17.3. The van der Waals surface area contributed by atoms with Crippen LogP contribution in [0.15, 0.2) is 35.4 Å². The molecule has 3 N–H and O–H groups in total. The maximum absolute atomic E-state index is 12.1. The van der Waals surface area contributed by atoms with Crippen molar-refractivity contribution in [2.24, 2.45) is 5.73 Å². The molecule has 1 atom stereocenters. The zero-order chi connectivity index (χ0) is 22.1. The van der Waals surface area contributed by atoms with Crippen LogP contribution < -0.4 is 11.1 Å². The molecule has 0 radical (unpaired) electrons. The second kappa shape index (κ2) is 8.42. The first-order valence-corrected chi connectivity index (χ1v) is 11.7. The highest BCUT2D eigenvalue weighted by atomic mass is 32.2. The lowest BCUT2D eigenvalue weighted by Crippen LogP contribution is -2.45. The summed E-state index contributed by atoms with van der Waals surface area (Å²) in [5, 5.41) is 17.3. The lowest BCUT2D eigenvalue weighted by atomic mass is 9.77. The molecule has 1 amide bonds. The number of nitrogens with one attached hydrogen (secondary N) is 1. The maximum atomic E-state index is 12.1. The summed E-state index contributed by atoms with van der Waals surface area (Å²) in [6.07, 6.45) is 6.05. The van der Waals surface area contributed by atoms with Crippen molar-refractivity contribution in [1.82, 2.24) is 9.78 Å². The fraction of sp³-hybridized carbons (Fsp3) is 0.476. The molecule has 0 bridgehead atoms. The van der Waals surface area contributed by atoms with Crippen LogP contribution in [0.2, 0.25) is 0 Å². The lowest BCUT2D eigenvalue weighted by molar-refractivity contribution is -0.190. The molecule has 1 aliphatic heterocycles. The quantitative estimate of drug-likeness (QED) is 0.700. The van der Waals surface area contributed by atoms with Crippen molar-refractivity contribution in [2.75, 3.05) is 24.8 Å². The second-order valence-electron chi connectivity index (χ2n) is 7.97. The topological polar surface area (TPSA) is 132 Å². The van der Waals surface area contributed by atoms with Gasteiger partial charge in [0.25, 0.3) is 5.91 Å². The molecule has 2 aliphatic rings. The number of carbonyl (C=O) groups excluding carboxylic acids is 1. The van der Waals surface area contributed by atoms with E-state index in [0.717, 1.165) is 0 Å². The van der Waals surface area contributed by atoms with Crippen LogP contribution >= 0.6 is 0 Å². The highest BCUT2D eigenvalue weighted by molar-refractivity contribution is 7.84. The van der Waals surface area contributed by atoms with Crippen LogP contribution in [0.5, 0.6) is 0 Å². The Morgan fingerprint density at radius 2 is 1.90 bits per heavy atom.